The molecular formula is C15H14BrNO2. The monoisotopic (exact) mass is 319 g/mol. The van der Waals surface area contributed by atoms with Crippen molar-refractivity contribution in [2.24, 2.45) is 0 Å². The van der Waals surface area contributed by atoms with E-state index in [1.54, 1.807) is 24.3 Å². The largest absolute Gasteiger partial charge is 0.291 e. The van der Waals surface area contributed by atoms with Crippen LogP contribution in [0.1, 0.15) is 33.6 Å². The van der Waals surface area contributed by atoms with Gasteiger partial charge in [0.25, 0.3) is 0 Å². The van der Waals surface area contributed by atoms with Gasteiger partial charge < -0.3 is 0 Å². The Morgan fingerprint density at radius 1 is 1.11 bits per heavy atom. The molecule has 0 radical (unpaired) electrons. The highest BCUT2D eigenvalue weighted by Crippen LogP contribution is 2.42. The van der Waals surface area contributed by atoms with E-state index in [0.717, 1.165) is 25.9 Å². The second kappa shape index (κ2) is 4.39. The average molecular weight is 320 g/mol. The minimum Gasteiger partial charge on any atom is -0.291 e. The van der Waals surface area contributed by atoms with Crippen LogP contribution in [0.4, 0.5) is 0 Å². The van der Waals surface area contributed by atoms with Gasteiger partial charge in [-0.25, -0.2) is 0 Å². The van der Waals surface area contributed by atoms with Crippen LogP contribution in [0.25, 0.3) is 0 Å². The van der Waals surface area contributed by atoms with Crippen LogP contribution < -0.4 is 0 Å². The number of carbonyl (C=O) groups is 2. The molecule has 1 aromatic carbocycles. The van der Waals surface area contributed by atoms with Gasteiger partial charge in [0, 0.05) is 29.8 Å². The number of benzene rings is 1. The zero-order chi connectivity index (χ0) is 13.6. The van der Waals surface area contributed by atoms with Crippen LogP contribution in [-0.4, -0.2) is 34.0 Å². The quantitative estimate of drug-likeness (QED) is 0.454. The normalized spacial score (nSPS) is 27.7. The van der Waals surface area contributed by atoms with Gasteiger partial charge >= 0.3 is 0 Å². The summed E-state index contributed by atoms with van der Waals surface area (Å²) in [6.45, 7) is 5.51. The van der Waals surface area contributed by atoms with Crippen molar-refractivity contribution in [1.82, 2.24) is 4.90 Å². The lowest BCUT2D eigenvalue weighted by Crippen LogP contribution is -2.54. The Balaban J connectivity index is 2.16. The zero-order valence-electron chi connectivity index (χ0n) is 10.5. The number of alkyl halides is 1. The molecule has 1 fully saturated rings. The Labute approximate surface area is 120 Å². The average Bonchev–Trinajstić information content (AvgIpc) is 2.97. The minimum absolute atomic E-state index is 0.0744. The van der Waals surface area contributed by atoms with Gasteiger partial charge in [0.2, 0.25) is 0 Å². The smallest absolute Gasteiger partial charge is 0.199 e. The summed E-state index contributed by atoms with van der Waals surface area (Å²) in [5.41, 5.74) is 1.29. The Kier molecular flexibility index (Phi) is 2.95. The Morgan fingerprint density at radius 2 is 1.68 bits per heavy atom. The first-order valence-corrected chi connectivity index (χ1v) is 7.18. The molecule has 1 aliphatic carbocycles. The van der Waals surface area contributed by atoms with E-state index in [-0.39, 0.29) is 11.6 Å². The maximum atomic E-state index is 12.8. The molecule has 0 saturated carbocycles. The third kappa shape index (κ3) is 1.66. The number of rotatable bonds is 1. The number of hydrogen-bond donors (Lipinski definition) is 0. The van der Waals surface area contributed by atoms with Crippen molar-refractivity contribution < 1.29 is 9.59 Å². The molecule has 19 heavy (non-hydrogen) atoms. The molecular weight excluding hydrogens is 306 g/mol. The van der Waals surface area contributed by atoms with Crippen LogP contribution in [0.2, 0.25) is 0 Å². The van der Waals surface area contributed by atoms with Gasteiger partial charge in [-0.2, -0.15) is 0 Å². The highest BCUT2D eigenvalue weighted by Gasteiger charge is 2.51. The van der Waals surface area contributed by atoms with E-state index in [4.69, 9.17) is 0 Å². The summed E-state index contributed by atoms with van der Waals surface area (Å²) in [4.78, 5) is 27.2. The van der Waals surface area contributed by atoms with Crippen molar-refractivity contribution in [3.63, 3.8) is 0 Å². The molecule has 0 bridgehead atoms. The van der Waals surface area contributed by atoms with Crippen LogP contribution in [0.3, 0.4) is 0 Å². The fourth-order valence-corrected chi connectivity index (χ4v) is 3.62. The zero-order valence-corrected chi connectivity index (χ0v) is 12.1. The summed E-state index contributed by atoms with van der Waals surface area (Å²) in [5, 5.41) is 0. The molecule has 0 aromatic heterocycles. The SMILES string of the molecule is C=C1C(=O)c2ccccc2C(=O)C1(Br)N1CCCC1. The van der Waals surface area contributed by atoms with Gasteiger partial charge in [-0.3, -0.25) is 14.5 Å². The summed E-state index contributed by atoms with van der Waals surface area (Å²) in [7, 11) is 0. The molecule has 1 aliphatic heterocycles. The molecule has 0 spiro atoms. The van der Waals surface area contributed by atoms with Crippen LogP contribution in [0.5, 0.6) is 0 Å². The van der Waals surface area contributed by atoms with E-state index < -0.39 is 4.45 Å². The van der Waals surface area contributed by atoms with Crippen molar-refractivity contribution in [3.05, 3.63) is 47.5 Å². The second-order valence-electron chi connectivity index (χ2n) is 5.00. The van der Waals surface area contributed by atoms with E-state index in [0.29, 0.717) is 16.7 Å². The number of carbonyl (C=O) groups excluding carboxylic acids is 2. The third-order valence-corrected chi connectivity index (χ3v) is 5.27. The summed E-state index contributed by atoms with van der Waals surface area (Å²) in [6, 6.07) is 6.97. The molecule has 0 amide bonds. The van der Waals surface area contributed by atoms with Gasteiger partial charge in [-0.1, -0.05) is 46.8 Å². The molecule has 1 saturated heterocycles. The molecule has 3 rings (SSSR count). The molecule has 1 atom stereocenters. The lowest BCUT2D eigenvalue weighted by molar-refractivity contribution is 0.0799. The van der Waals surface area contributed by atoms with Crippen LogP contribution >= 0.6 is 15.9 Å². The van der Waals surface area contributed by atoms with E-state index >= 15 is 0 Å². The summed E-state index contributed by atoms with van der Waals surface area (Å²) >= 11 is 3.52. The van der Waals surface area contributed by atoms with E-state index in [2.05, 4.69) is 22.5 Å². The lowest BCUT2D eigenvalue weighted by Gasteiger charge is -2.39. The predicted molar refractivity (Wildman–Crippen MR) is 76.7 cm³/mol. The predicted octanol–water partition coefficient (Wildman–Crippen LogP) is 2.81. The van der Waals surface area contributed by atoms with Crippen LogP contribution in [0, 0.1) is 0 Å². The molecule has 0 N–H and O–H groups in total. The number of hydrogen-bond acceptors (Lipinski definition) is 3. The van der Waals surface area contributed by atoms with Gasteiger partial charge in [-0.05, 0) is 12.8 Å². The number of nitrogens with zero attached hydrogens (tertiary/aromatic N) is 1. The number of Topliss-reactive ketones (excluding diaryl/α,β-unsaturated/α-hetero) is 2. The van der Waals surface area contributed by atoms with Crippen LogP contribution in [0.15, 0.2) is 36.4 Å². The third-order valence-electron chi connectivity index (χ3n) is 3.93. The first-order chi connectivity index (χ1) is 9.06. The van der Waals surface area contributed by atoms with Crippen molar-refractivity contribution in [1.29, 1.82) is 0 Å². The minimum atomic E-state index is -1.05. The van der Waals surface area contributed by atoms with E-state index in [1.165, 1.54) is 0 Å². The molecule has 1 heterocycles. The number of ketones is 2. The summed E-state index contributed by atoms with van der Waals surface area (Å²) < 4.78 is -1.05. The number of fused-ring (bicyclic) bond motifs is 1. The molecule has 2 aliphatic rings. The maximum absolute atomic E-state index is 12.8. The highest BCUT2D eigenvalue weighted by atomic mass is 79.9. The van der Waals surface area contributed by atoms with Crippen molar-refractivity contribution in [2.45, 2.75) is 17.3 Å². The summed E-state index contributed by atoms with van der Waals surface area (Å²) in [6.07, 6.45) is 2.09. The highest BCUT2D eigenvalue weighted by molar-refractivity contribution is 9.10. The standard InChI is InChI=1S/C15H14BrNO2/c1-10-13(18)11-6-2-3-7-12(11)14(19)15(10,16)17-8-4-5-9-17/h2-3,6-7H,1,4-5,8-9H2. The van der Waals surface area contributed by atoms with E-state index in [9.17, 15) is 9.59 Å². The first kappa shape index (κ1) is 12.8. The van der Waals surface area contributed by atoms with Gasteiger partial charge in [-0.15, -0.1) is 0 Å². The molecule has 4 heteroatoms. The van der Waals surface area contributed by atoms with Crippen molar-refractivity contribution in [3.8, 4) is 0 Å². The van der Waals surface area contributed by atoms with Gasteiger partial charge in [0.15, 0.2) is 16.0 Å². The van der Waals surface area contributed by atoms with Gasteiger partial charge in [0.1, 0.15) is 0 Å². The number of likely N-dealkylation sites (tertiary alicyclic amines) is 1. The van der Waals surface area contributed by atoms with E-state index in [1.807, 2.05) is 4.90 Å². The Morgan fingerprint density at radius 3 is 2.32 bits per heavy atom. The molecule has 3 nitrogen and oxygen atoms in total. The molecule has 1 unspecified atom stereocenters. The second-order valence-corrected chi connectivity index (χ2v) is 6.15. The maximum Gasteiger partial charge on any atom is 0.199 e. The Bertz CT molecular complexity index is 590. The fourth-order valence-electron chi connectivity index (χ4n) is 2.87. The van der Waals surface area contributed by atoms with Gasteiger partial charge in [0.05, 0.1) is 0 Å². The topological polar surface area (TPSA) is 37.4 Å². The molecule has 98 valence electrons. The number of halogens is 1. The van der Waals surface area contributed by atoms with Crippen molar-refractivity contribution >= 4 is 27.5 Å². The van der Waals surface area contributed by atoms with Crippen LogP contribution in [-0.2, 0) is 0 Å². The Hall–Kier alpha value is -1.26. The van der Waals surface area contributed by atoms with Crippen molar-refractivity contribution in [2.75, 3.05) is 13.1 Å². The lowest BCUT2D eigenvalue weighted by atomic mass is 9.82. The summed E-state index contributed by atoms with van der Waals surface area (Å²) in [5.74, 6) is -0.214. The molecule has 1 aromatic rings. The fraction of sp³-hybridized carbons (Fsp3) is 0.333. The first-order valence-electron chi connectivity index (χ1n) is 6.38.